The van der Waals surface area contributed by atoms with Gasteiger partial charge in [0, 0.05) is 11.7 Å². The zero-order valence-electron chi connectivity index (χ0n) is 14.7. The van der Waals surface area contributed by atoms with Crippen molar-refractivity contribution >= 4 is 46.6 Å². The van der Waals surface area contributed by atoms with Crippen LogP contribution in [-0.4, -0.2) is 41.6 Å². The van der Waals surface area contributed by atoms with Gasteiger partial charge in [0.15, 0.2) is 5.11 Å². The molecule has 1 aromatic rings. The quantitative estimate of drug-likeness (QED) is 0.413. The fraction of sp³-hybridized carbons (Fsp3) is 0.471. The molecule has 0 spiro atoms. The highest BCUT2D eigenvalue weighted by Crippen LogP contribution is 2.17. The van der Waals surface area contributed by atoms with E-state index in [4.69, 9.17) is 17.0 Å². The van der Waals surface area contributed by atoms with E-state index in [0.29, 0.717) is 16.8 Å². The Morgan fingerprint density at radius 2 is 1.77 bits per heavy atom. The van der Waals surface area contributed by atoms with Crippen LogP contribution in [0.3, 0.4) is 0 Å². The standard InChI is InChI=1S/C17H24N4O3S2/c1-24-14-8-6-13(7-9-14)18-15(22)10-26-11-16(23)20-21-17(25)19-12-4-2-3-5-12/h6-9,12H,2-5,10-11H2,1H3,(H,18,22)(H,20,23)(H2,19,21,25). The summed E-state index contributed by atoms with van der Waals surface area (Å²) in [5.41, 5.74) is 5.91. The molecule has 142 valence electrons. The molecule has 1 aliphatic rings. The number of hydrazine groups is 1. The summed E-state index contributed by atoms with van der Waals surface area (Å²) in [5, 5.41) is 6.36. The molecule has 0 atom stereocenters. The second-order valence-electron chi connectivity index (χ2n) is 5.90. The number of nitrogens with one attached hydrogen (secondary N) is 4. The van der Waals surface area contributed by atoms with Crippen LogP contribution in [-0.2, 0) is 9.59 Å². The van der Waals surface area contributed by atoms with Gasteiger partial charge in [0.1, 0.15) is 5.75 Å². The van der Waals surface area contributed by atoms with Crippen LogP contribution in [0.4, 0.5) is 5.69 Å². The Bertz CT molecular complexity index is 619. The van der Waals surface area contributed by atoms with E-state index >= 15 is 0 Å². The normalized spacial score (nSPS) is 13.7. The number of thiocarbonyl (C=S) groups is 1. The summed E-state index contributed by atoms with van der Waals surface area (Å²) in [6.07, 6.45) is 4.63. The van der Waals surface area contributed by atoms with Gasteiger partial charge < -0.3 is 15.4 Å². The smallest absolute Gasteiger partial charge is 0.248 e. The van der Waals surface area contributed by atoms with E-state index in [1.54, 1.807) is 31.4 Å². The number of amides is 2. The number of hydrogen-bond acceptors (Lipinski definition) is 5. The minimum Gasteiger partial charge on any atom is -0.497 e. The molecule has 1 saturated carbocycles. The van der Waals surface area contributed by atoms with Crippen molar-refractivity contribution < 1.29 is 14.3 Å². The summed E-state index contributed by atoms with van der Waals surface area (Å²) in [4.78, 5) is 23.6. The van der Waals surface area contributed by atoms with Crippen LogP contribution in [0.2, 0.25) is 0 Å². The molecule has 26 heavy (non-hydrogen) atoms. The average molecular weight is 397 g/mol. The highest BCUT2D eigenvalue weighted by atomic mass is 32.2. The van der Waals surface area contributed by atoms with E-state index in [0.717, 1.165) is 18.6 Å². The summed E-state index contributed by atoms with van der Waals surface area (Å²) in [7, 11) is 1.58. The van der Waals surface area contributed by atoms with Crippen LogP contribution >= 0.6 is 24.0 Å². The molecule has 0 aliphatic heterocycles. The third kappa shape index (κ3) is 7.49. The SMILES string of the molecule is COc1ccc(NC(=O)CSCC(=O)NNC(=S)NC2CCCC2)cc1. The maximum atomic E-state index is 11.9. The maximum absolute atomic E-state index is 11.9. The number of methoxy groups -OCH3 is 1. The van der Waals surface area contributed by atoms with E-state index < -0.39 is 0 Å². The lowest BCUT2D eigenvalue weighted by Gasteiger charge is -2.16. The first kappa shape index (κ1) is 20.3. The summed E-state index contributed by atoms with van der Waals surface area (Å²) in [6, 6.07) is 7.45. The van der Waals surface area contributed by atoms with Gasteiger partial charge in [-0.3, -0.25) is 20.4 Å². The molecule has 0 saturated heterocycles. The molecule has 0 radical (unpaired) electrons. The van der Waals surface area contributed by atoms with Crippen LogP contribution in [0, 0.1) is 0 Å². The Morgan fingerprint density at radius 1 is 1.12 bits per heavy atom. The number of carbonyl (C=O) groups excluding carboxylic acids is 2. The third-order valence-electron chi connectivity index (χ3n) is 3.85. The van der Waals surface area contributed by atoms with Crippen molar-refractivity contribution in [3.8, 4) is 5.75 Å². The van der Waals surface area contributed by atoms with Gasteiger partial charge in [-0.15, -0.1) is 11.8 Å². The Kier molecular flexibility index (Phi) is 8.49. The number of ether oxygens (including phenoxy) is 1. The molecule has 0 heterocycles. The van der Waals surface area contributed by atoms with Crippen molar-refractivity contribution in [2.75, 3.05) is 23.9 Å². The number of thioether (sulfide) groups is 1. The molecule has 9 heteroatoms. The summed E-state index contributed by atoms with van der Waals surface area (Å²) >= 11 is 6.37. The first-order valence-electron chi connectivity index (χ1n) is 8.44. The molecule has 1 aliphatic carbocycles. The number of hydrogen-bond donors (Lipinski definition) is 4. The van der Waals surface area contributed by atoms with Crippen LogP contribution in [0.5, 0.6) is 5.75 Å². The van der Waals surface area contributed by atoms with E-state index in [2.05, 4.69) is 21.5 Å². The predicted octanol–water partition coefficient (Wildman–Crippen LogP) is 1.80. The Morgan fingerprint density at radius 3 is 2.42 bits per heavy atom. The van der Waals surface area contributed by atoms with Crippen molar-refractivity contribution in [3.05, 3.63) is 24.3 Å². The molecular weight excluding hydrogens is 372 g/mol. The summed E-state index contributed by atoms with van der Waals surface area (Å²) in [6.45, 7) is 0. The largest absolute Gasteiger partial charge is 0.497 e. The van der Waals surface area contributed by atoms with Gasteiger partial charge in [-0.2, -0.15) is 0 Å². The molecule has 1 aromatic carbocycles. The summed E-state index contributed by atoms with van der Waals surface area (Å²) < 4.78 is 5.06. The second kappa shape index (κ2) is 10.9. The van der Waals surface area contributed by atoms with Crippen molar-refractivity contribution in [2.45, 2.75) is 31.7 Å². The highest BCUT2D eigenvalue weighted by molar-refractivity contribution is 8.00. The van der Waals surface area contributed by atoms with E-state index in [9.17, 15) is 9.59 Å². The number of rotatable bonds is 7. The van der Waals surface area contributed by atoms with Crippen LogP contribution < -0.4 is 26.2 Å². The topological polar surface area (TPSA) is 91.5 Å². The van der Waals surface area contributed by atoms with Gasteiger partial charge in [0.05, 0.1) is 18.6 Å². The highest BCUT2D eigenvalue weighted by Gasteiger charge is 2.15. The Labute approximate surface area is 163 Å². The molecule has 0 bridgehead atoms. The Hall–Kier alpha value is -2.00. The molecule has 0 unspecified atom stereocenters. The van der Waals surface area contributed by atoms with Crippen LogP contribution in [0.15, 0.2) is 24.3 Å². The molecule has 4 N–H and O–H groups in total. The first-order valence-corrected chi connectivity index (χ1v) is 10.00. The molecule has 7 nitrogen and oxygen atoms in total. The zero-order chi connectivity index (χ0) is 18.8. The van der Waals surface area contributed by atoms with Gasteiger partial charge in [-0.05, 0) is 49.3 Å². The van der Waals surface area contributed by atoms with Gasteiger partial charge >= 0.3 is 0 Å². The fourth-order valence-electron chi connectivity index (χ4n) is 2.56. The van der Waals surface area contributed by atoms with Crippen LogP contribution in [0.25, 0.3) is 0 Å². The zero-order valence-corrected chi connectivity index (χ0v) is 16.3. The van der Waals surface area contributed by atoms with Crippen molar-refractivity contribution in [1.82, 2.24) is 16.2 Å². The van der Waals surface area contributed by atoms with Crippen molar-refractivity contribution in [2.24, 2.45) is 0 Å². The lowest BCUT2D eigenvalue weighted by atomic mass is 10.3. The average Bonchev–Trinajstić information content (AvgIpc) is 3.13. The molecular formula is C17H24N4O3S2. The number of benzene rings is 1. The summed E-state index contributed by atoms with van der Waals surface area (Å²) in [5.74, 6) is 0.670. The minimum absolute atomic E-state index is 0.162. The van der Waals surface area contributed by atoms with E-state index in [-0.39, 0.29) is 23.3 Å². The molecule has 1 fully saturated rings. The molecule has 2 rings (SSSR count). The van der Waals surface area contributed by atoms with Gasteiger partial charge in [-0.1, -0.05) is 12.8 Å². The maximum Gasteiger partial charge on any atom is 0.248 e. The lowest BCUT2D eigenvalue weighted by Crippen LogP contribution is -2.49. The first-order chi connectivity index (χ1) is 12.6. The van der Waals surface area contributed by atoms with Crippen molar-refractivity contribution in [1.29, 1.82) is 0 Å². The third-order valence-corrected chi connectivity index (χ3v) is 5.00. The van der Waals surface area contributed by atoms with Gasteiger partial charge in [0.25, 0.3) is 0 Å². The number of anilines is 1. The molecule has 2 amide bonds. The fourth-order valence-corrected chi connectivity index (χ4v) is 3.40. The van der Waals surface area contributed by atoms with E-state index in [1.807, 2.05) is 0 Å². The lowest BCUT2D eigenvalue weighted by molar-refractivity contribution is -0.119. The van der Waals surface area contributed by atoms with Gasteiger partial charge in [-0.25, -0.2) is 0 Å². The number of carbonyl (C=O) groups is 2. The van der Waals surface area contributed by atoms with Gasteiger partial charge in [0.2, 0.25) is 11.8 Å². The van der Waals surface area contributed by atoms with E-state index in [1.165, 1.54) is 24.6 Å². The second-order valence-corrected chi connectivity index (χ2v) is 7.29. The minimum atomic E-state index is -0.234. The Balaban J connectivity index is 1.56. The molecule has 0 aromatic heterocycles. The monoisotopic (exact) mass is 396 g/mol. The van der Waals surface area contributed by atoms with Crippen molar-refractivity contribution in [3.63, 3.8) is 0 Å². The predicted molar refractivity (Wildman–Crippen MR) is 108 cm³/mol. The van der Waals surface area contributed by atoms with Crippen LogP contribution in [0.1, 0.15) is 25.7 Å².